The second kappa shape index (κ2) is 5.65. The van der Waals surface area contributed by atoms with E-state index in [0.717, 1.165) is 12.8 Å². The van der Waals surface area contributed by atoms with Crippen LogP contribution in [-0.4, -0.2) is 0 Å². The summed E-state index contributed by atoms with van der Waals surface area (Å²) in [5, 5.41) is 0. The van der Waals surface area contributed by atoms with Gasteiger partial charge in [-0.1, -0.05) is 61.5 Å². The molecule has 88 valence electrons. The molecule has 0 saturated carbocycles. The van der Waals surface area contributed by atoms with Gasteiger partial charge >= 0.3 is 0 Å². The second-order valence-electron chi connectivity index (χ2n) is 4.34. The molecule has 0 amide bonds. The van der Waals surface area contributed by atoms with E-state index in [1.807, 2.05) is 18.2 Å². The Balaban J connectivity index is 2.16. The highest BCUT2D eigenvalue weighted by molar-refractivity contribution is 5.30. The summed E-state index contributed by atoms with van der Waals surface area (Å²) in [6.45, 7) is 2.19. The van der Waals surface area contributed by atoms with Crippen LogP contribution in [0.15, 0.2) is 54.6 Å². The first-order chi connectivity index (χ1) is 8.31. The largest absolute Gasteiger partial charge is 0.324 e. The summed E-state index contributed by atoms with van der Waals surface area (Å²) < 4.78 is 0. The van der Waals surface area contributed by atoms with Crippen LogP contribution in [-0.2, 0) is 12.8 Å². The standard InChI is InChI=1S/C16H19N/c1-2-13-8-6-7-11-15(13)12-16(17)14-9-4-3-5-10-14/h3-11,16H,2,12,17H2,1H3/t16-/m1/s1. The molecule has 0 fully saturated rings. The van der Waals surface area contributed by atoms with Crippen LogP contribution in [0.2, 0.25) is 0 Å². The molecule has 0 aliphatic heterocycles. The van der Waals surface area contributed by atoms with Crippen LogP contribution < -0.4 is 5.73 Å². The maximum Gasteiger partial charge on any atom is 0.0335 e. The Labute approximate surface area is 103 Å². The predicted molar refractivity (Wildman–Crippen MR) is 72.9 cm³/mol. The van der Waals surface area contributed by atoms with E-state index in [4.69, 9.17) is 5.73 Å². The number of hydrogen-bond acceptors (Lipinski definition) is 1. The molecule has 0 unspecified atom stereocenters. The first kappa shape index (κ1) is 11.9. The second-order valence-corrected chi connectivity index (χ2v) is 4.34. The maximum absolute atomic E-state index is 6.25. The van der Waals surface area contributed by atoms with E-state index in [0.29, 0.717) is 0 Å². The summed E-state index contributed by atoms with van der Waals surface area (Å²) >= 11 is 0. The van der Waals surface area contributed by atoms with Crippen LogP contribution in [0, 0.1) is 0 Å². The molecule has 0 aliphatic carbocycles. The van der Waals surface area contributed by atoms with E-state index in [1.54, 1.807) is 0 Å². The Hall–Kier alpha value is -1.60. The third-order valence-electron chi connectivity index (χ3n) is 3.17. The minimum Gasteiger partial charge on any atom is -0.324 e. The Morgan fingerprint density at radius 2 is 1.47 bits per heavy atom. The van der Waals surface area contributed by atoms with Crippen molar-refractivity contribution in [2.75, 3.05) is 0 Å². The Bertz CT molecular complexity index is 462. The van der Waals surface area contributed by atoms with Crippen molar-refractivity contribution in [1.29, 1.82) is 0 Å². The molecule has 2 rings (SSSR count). The zero-order chi connectivity index (χ0) is 12.1. The van der Waals surface area contributed by atoms with Gasteiger partial charge in [-0.15, -0.1) is 0 Å². The molecule has 2 N–H and O–H groups in total. The topological polar surface area (TPSA) is 26.0 Å². The smallest absolute Gasteiger partial charge is 0.0335 e. The average Bonchev–Trinajstić information content (AvgIpc) is 2.40. The van der Waals surface area contributed by atoms with Crippen molar-refractivity contribution in [3.63, 3.8) is 0 Å². The molecule has 1 nitrogen and oxygen atoms in total. The van der Waals surface area contributed by atoms with E-state index >= 15 is 0 Å². The SMILES string of the molecule is CCc1ccccc1C[C@@H](N)c1ccccc1. The number of benzene rings is 2. The molecule has 0 radical (unpaired) electrons. The van der Waals surface area contributed by atoms with Gasteiger partial charge in [0.1, 0.15) is 0 Å². The molecular formula is C16H19N. The van der Waals surface area contributed by atoms with Gasteiger partial charge in [0.2, 0.25) is 0 Å². The molecule has 17 heavy (non-hydrogen) atoms. The van der Waals surface area contributed by atoms with Crippen molar-refractivity contribution in [2.24, 2.45) is 5.73 Å². The fourth-order valence-corrected chi connectivity index (χ4v) is 2.16. The Morgan fingerprint density at radius 3 is 2.12 bits per heavy atom. The molecule has 0 saturated heterocycles. The highest BCUT2D eigenvalue weighted by atomic mass is 14.6. The third kappa shape index (κ3) is 2.95. The van der Waals surface area contributed by atoms with Gasteiger partial charge in [-0.25, -0.2) is 0 Å². The van der Waals surface area contributed by atoms with Gasteiger partial charge in [-0.05, 0) is 29.5 Å². The van der Waals surface area contributed by atoms with E-state index in [9.17, 15) is 0 Å². The summed E-state index contributed by atoms with van der Waals surface area (Å²) in [6, 6.07) is 18.9. The fraction of sp³-hybridized carbons (Fsp3) is 0.250. The van der Waals surface area contributed by atoms with Crippen LogP contribution >= 0.6 is 0 Å². The highest BCUT2D eigenvalue weighted by Crippen LogP contribution is 2.18. The molecule has 0 bridgehead atoms. The van der Waals surface area contributed by atoms with Gasteiger partial charge in [-0.2, -0.15) is 0 Å². The van der Waals surface area contributed by atoms with E-state index in [1.165, 1.54) is 16.7 Å². The summed E-state index contributed by atoms with van der Waals surface area (Å²) in [5.74, 6) is 0. The summed E-state index contributed by atoms with van der Waals surface area (Å²) in [7, 11) is 0. The molecule has 1 atom stereocenters. The van der Waals surface area contributed by atoms with Crippen LogP contribution in [0.25, 0.3) is 0 Å². The monoisotopic (exact) mass is 225 g/mol. The maximum atomic E-state index is 6.25. The third-order valence-corrected chi connectivity index (χ3v) is 3.17. The first-order valence-electron chi connectivity index (χ1n) is 6.18. The molecule has 1 heteroatoms. The highest BCUT2D eigenvalue weighted by Gasteiger charge is 2.08. The van der Waals surface area contributed by atoms with Gasteiger partial charge in [0.25, 0.3) is 0 Å². The lowest BCUT2D eigenvalue weighted by Crippen LogP contribution is -2.14. The van der Waals surface area contributed by atoms with E-state index in [-0.39, 0.29) is 6.04 Å². The number of aryl methyl sites for hydroxylation is 1. The molecule has 0 aromatic heterocycles. The van der Waals surface area contributed by atoms with Gasteiger partial charge in [0.05, 0.1) is 0 Å². The molecular weight excluding hydrogens is 206 g/mol. The van der Waals surface area contributed by atoms with Crippen molar-refractivity contribution in [3.05, 3.63) is 71.3 Å². The quantitative estimate of drug-likeness (QED) is 0.847. The number of hydrogen-bond donors (Lipinski definition) is 1. The predicted octanol–water partition coefficient (Wildman–Crippen LogP) is 3.49. The lowest BCUT2D eigenvalue weighted by atomic mass is 9.95. The van der Waals surface area contributed by atoms with Crippen molar-refractivity contribution in [2.45, 2.75) is 25.8 Å². The lowest BCUT2D eigenvalue weighted by molar-refractivity contribution is 0.716. The molecule has 2 aromatic rings. The van der Waals surface area contributed by atoms with Crippen LogP contribution in [0.4, 0.5) is 0 Å². The molecule has 0 spiro atoms. The summed E-state index contributed by atoms with van der Waals surface area (Å²) in [5.41, 5.74) is 10.2. The lowest BCUT2D eigenvalue weighted by Gasteiger charge is -2.14. The van der Waals surface area contributed by atoms with Crippen molar-refractivity contribution < 1.29 is 0 Å². The van der Waals surface area contributed by atoms with Gasteiger partial charge in [-0.3, -0.25) is 0 Å². The molecule has 2 aromatic carbocycles. The van der Waals surface area contributed by atoms with E-state index < -0.39 is 0 Å². The summed E-state index contributed by atoms with van der Waals surface area (Å²) in [4.78, 5) is 0. The summed E-state index contributed by atoms with van der Waals surface area (Å²) in [6.07, 6.45) is 1.98. The zero-order valence-electron chi connectivity index (χ0n) is 10.3. The minimum absolute atomic E-state index is 0.0869. The normalized spacial score (nSPS) is 12.4. The van der Waals surface area contributed by atoms with Crippen molar-refractivity contribution in [3.8, 4) is 0 Å². The Morgan fingerprint density at radius 1 is 0.882 bits per heavy atom. The van der Waals surface area contributed by atoms with Crippen molar-refractivity contribution >= 4 is 0 Å². The average molecular weight is 225 g/mol. The van der Waals surface area contributed by atoms with E-state index in [2.05, 4.69) is 43.3 Å². The van der Waals surface area contributed by atoms with Crippen LogP contribution in [0.1, 0.15) is 29.7 Å². The molecule has 0 heterocycles. The first-order valence-corrected chi connectivity index (χ1v) is 6.18. The number of rotatable bonds is 4. The number of nitrogens with two attached hydrogens (primary N) is 1. The van der Waals surface area contributed by atoms with Crippen LogP contribution in [0.5, 0.6) is 0 Å². The minimum atomic E-state index is 0.0869. The van der Waals surface area contributed by atoms with Crippen LogP contribution in [0.3, 0.4) is 0 Å². The van der Waals surface area contributed by atoms with Crippen molar-refractivity contribution in [1.82, 2.24) is 0 Å². The Kier molecular flexibility index (Phi) is 3.94. The molecule has 0 aliphatic rings. The van der Waals surface area contributed by atoms with Gasteiger partial charge < -0.3 is 5.73 Å². The van der Waals surface area contributed by atoms with Gasteiger partial charge in [0.15, 0.2) is 0 Å². The zero-order valence-corrected chi connectivity index (χ0v) is 10.3. The van der Waals surface area contributed by atoms with Gasteiger partial charge in [0, 0.05) is 6.04 Å². The fourth-order valence-electron chi connectivity index (χ4n) is 2.16.